The van der Waals surface area contributed by atoms with Crippen LogP contribution in [0.4, 0.5) is 0 Å². The van der Waals surface area contributed by atoms with E-state index in [0.29, 0.717) is 19.8 Å². The van der Waals surface area contributed by atoms with Crippen LogP contribution in [0.15, 0.2) is 42.5 Å². The van der Waals surface area contributed by atoms with Gasteiger partial charge in [-0.15, -0.1) is 0 Å². The Morgan fingerprint density at radius 2 is 1.93 bits per heavy atom. The first-order valence-electron chi connectivity index (χ1n) is 10.4. The second-order valence-electron chi connectivity index (χ2n) is 7.62. The van der Waals surface area contributed by atoms with E-state index in [-0.39, 0.29) is 23.9 Å². The van der Waals surface area contributed by atoms with Crippen molar-refractivity contribution in [3.8, 4) is 0 Å². The second-order valence-corrected chi connectivity index (χ2v) is 7.62. The van der Waals surface area contributed by atoms with E-state index in [1.54, 1.807) is 7.11 Å². The Kier molecular flexibility index (Phi) is 7.89. The molecule has 0 N–H and O–H groups in total. The third kappa shape index (κ3) is 5.41. The van der Waals surface area contributed by atoms with Crippen molar-refractivity contribution in [2.45, 2.75) is 76.0 Å². The third-order valence-corrected chi connectivity index (χ3v) is 5.56. The second kappa shape index (κ2) is 10.4. The lowest BCUT2D eigenvalue weighted by atomic mass is 9.89. The summed E-state index contributed by atoms with van der Waals surface area (Å²) in [5.41, 5.74) is 0.774. The van der Waals surface area contributed by atoms with Crippen molar-refractivity contribution in [2.24, 2.45) is 0 Å². The molecule has 0 radical (unpaired) electrons. The summed E-state index contributed by atoms with van der Waals surface area (Å²) in [6.07, 6.45) is 11.8. The summed E-state index contributed by atoms with van der Waals surface area (Å²) in [7, 11) is 1.74. The average molecular weight is 375 g/mol. The highest BCUT2D eigenvalue weighted by atomic mass is 16.7. The van der Waals surface area contributed by atoms with Crippen LogP contribution in [0.5, 0.6) is 0 Å². The molecule has 1 spiro atoms. The molecule has 0 unspecified atom stereocenters. The number of benzene rings is 1. The molecular weight excluding hydrogens is 340 g/mol. The summed E-state index contributed by atoms with van der Waals surface area (Å²) in [6.45, 7) is 4.01. The Labute approximate surface area is 163 Å². The van der Waals surface area contributed by atoms with E-state index in [4.69, 9.17) is 18.9 Å². The Morgan fingerprint density at radius 1 is 1.15 bits per heavy atom. The van der Waals surface area contributed by atoms with Crippen molar-refractivity contribution < 1.29 is 18.9 Å². The normalized spacial score (nSPS) is 30.2. The van der Waals surface area contributed by atoms with Crippen LogP contribution in [0.2, 0.25) is 0 Å². The molecule has 2 aliphatic rings. The highest BCUT2D eigenvalue weighted by Crippen LogP contribution is 2.43. The molecule has 4 nitrogen and oxygen atoms in total. The van der Waals surface area contributed by atoms with Crippen LogP contribution in [-0.2, 0) is 25.6 Å². The third-order valence-electron chi connectivity index (χ3n) is 5.56. The van der Waals surface area contributed by atoms with Crippen LogP contribution in [0.1, 0.15) is 51.0 Å². The fraction of sp³-hybridized carbons (Fsp3) is 0.652. The molecular formula is C23H34O4. The van der Waals surface area contributed by atoms with E-state index in [1.165, 1.54) is 32.1 Å². The van der Waals surface area contributed by atoms with Gasteiger partial charge < -0.3 is 18.9 Å². The minimum Gasteiger partial charge on any atom is -0.375 e. The van der Waals surface area contributed by atoms with Gasteiger partial charge in [-0.1, -0.05) is 75.1 Å². The topological polar surface area (TPSA) is 40.2 Å². The number of ether oxygens (including phenoxy) is 4. The van der Waals surface area contributed by atoms with Crippen LogP contribution in [0.3, 0.4) is 0 Å². The largest absolute Gasteiger partial charge is 0.375 e. The molecule has 0 amide bonds. The van der Waals surface area contributed by atoms with Gasteiger partial charge in [-0.2, -0.15) is 0 Å². The van der Waals surface area contributed by atoms with Crippen molar-refractivity contribution in [3.05, 3.63) is 48.0 Å². The molecule has 2 heterocycles. The first-order valence-corrected chi connectivity index (χ1v) is 10.4. The van der Waals surface area contributed by atoms with Gasteiger partial charge in [0.15, 0.2) is 0 Å². The van der Waals surface area contributed by atoms with E-state index < -0.39 is 0 Å². The van der Waals surface area contributed by atoms with E-state index in [2.05, 4.69) is 31.2 Å². The van der Waals surface area contributed by atoms with Gasteiger partial charge in [0.05, 0.1) is 19.8 Å². The quantitative estimate of drug-likeness (QED) is 0.321. The van der Waals surface area contributed by atoms with Crippen LogP contribution < -0.4 is 0 Å². The van der Waals surface area contributed by atoms with Gasteiger partial charge in [0.1, 0.15) is 23.9 Å². The summed E-state index contributed by atoms with van der Waals surface area (Å²) in [5, 5.41) is 0. The van der Waals surface area contributed by atoms with Gasteiger partial charge in [-0.3, -0.25) is 0 Å². The number of hydrogen-bond acceptors (Lipinski definition) is 4. The van der Waals surface area contributed by atoms with Gasteiger partial charge in [0.25, 0.3) is 0 Å². The number of unbranched alkanes of at least 4 members (excludes halogenated alkanes) is 5. The zero-order valence-corrected chi connectivity index (χ0v) is 16.8. The summed E-state index contributed by atoms with van der Waals surface area (Å²) in [5.74, 6) is 0. The minimum absolute atomic E-state index is 0.0466. The lowest BCUT2D eigenvalue weighted by Crippen LogP contribution is -2.56. The molecule has 2 saturated heterocycles. The molecule has 4 atom stereocenters. The first kappa shape index (κ1) is 20.5. The Balaban J connectivity index is 1.49. The molecule has 2 fully saturated rings. The van der Waals surface area contributed by atoms with E-state index in [1.807, 2.05) is 18.2 Å². The molecule has 1 aromatic carbocycles. The first-order chi connectivity index (χ1) is 13.3. The average Bonchev–Trinajstić information content (AvgIpc) is 3.48. The SMILES string of the molecule is CCCCCCC/C=C/[C@@H]1OC[C@@H](OCc2ccccc2)[C@H](OC)[C@@]12CO2. The fourth-order valence-corrected chi connectivity index (χ4v) is 3.88. The number of methoxy groups -OCH3 is 1. The predicted octanol–water partition coefficient (Wildman–Crippen LogP) is 4.67. The number of epoxide rings is 1. The highest BCUT2D eigenvalue weighted by Gasteiger charge is 2.63. The summed E-state index contributed by atoms with van der Waals surface area (Å²) in [6, 6.07) is 10.2. The highest BCUT2D eigenvalue weighted by molar-refractivity contribution is 5.17. The molecule has 150 valence electrons. The maximum atomic E-state index is 6.12. The van der Waals surface area contributed by atoms with Gasteiger partial charge >= 0.3 is 0 Å². The lowest BCUT2D eigenvalue weighted by molar-refractivity contribution is -0.186. The molecule has 0 saturated carbocycles. The zero-order chi connectivity index (χ0) is 19.0. The van der Waals surface area contributed by atoms with Crippen LogP contribution >= 0.6 is 0 Å². The molecule has 1 aromatic rings. The smallest absolute Gasteiger partial charge is 0.150 e. The van der Waals surface area contributed by atoms with Crippen molar-refractivity contribution in [2.75, 3.05) is 20.3 Å². The van der Waals surface area contributed by atoms with E-state index >= 15 is 0 Å². The van der Waals surface area contributed by atoms with Gasteiger partial charge in [0.2, 0.25) is 0 Å². The maximum Gasteiger partial charge on any atom is 0.150 e. The molecule has 0 aromatic heterocycles. The van der Waals surface area contributed by atoms with Gasteiger partial charge in [-0.25, -0.2) is 0 Å². The van der Waals surface area contributed by atoms with Crippen molar-refractivity contribution in [3.63, 3.8) is 0 Å². The summed E-state index contributed by atoms with van der Waals surface area (Å²) < 4.78 is 23.9. The van der Waals surface area contributed by atoms with Gasteiger partial charge in [0, 0.05) is 7.11 Å². The Morgan fingerprint density at radius 3 is 2.63 bits per heavy atom. The number of allylic oxidation sites excluding steroid dienone is 1. The molecule has 3 rings (SSSR count). The molecule has 4 heteroatoms. The van der Waals surface area contributed by atoms with E-state index in [0.717, 1.165) is 12.0 Å². The Hall–Kier alpha value is -1.20. The van der Waals surface area contributed by atoms with Crippen molar-refractivity contribution in [1.29, 1.82) is 0 Å². The monoisotopic (exact) mass is 374 g/mol. The summed E-state index contributed by atoms with van der Waals surface area (Å²) >= 11 is 0. The van der Waals surface area contributed by atoms with Crippen LogP contribution in [0.25, 0.3) is 0 Å². The zero-order valence-electron chi connectivity index (χ0n) is 16.8. The standard InChI is InChI=1S/C23H34O4/c1-3-4-5-6-7-8-12-15-21-23(18-27-23)22(24-2)20(17-26-21)25-16-19-13-10-9-11-14-19/h9-15,20-22H,3-8,16-18H2,1-2H3/b15-12+/t20-,21+,22+,23-/m1/s1. The lowest BCUT2D eigenvalue weighted by Gasteiger charge is -2.39. The number of hydrogen-bond donors (Lipinski definition) is 0. The number of rotatable bonds is 11. The van der Waals surface area contributed by atoms with Crippen LogP contribution in [0, 0.1) is 0 Å². The molecule has 0 aliphatic carbocycles. The van der Waals surface area contributed by atoms with E-state index in [9.17, 15) is 0 Å². The van der Waals surface area contributed by atoms with Crippen molar-refractivity contribution in [1.82, 2.24) is 0 Å². The fourth-order valence-electron chi connectivity index (χ4n) is 3.88. The van der Waals surface area contributed by atoms with Crippen LogP contribution in [-0.4, -0.2) is 44.2 Å². The predicted molar refractivity (Wildman–Crippen MR) is 107 cm³/mol. The Bertz CT molecular complexity index is 567. The van der Waals surface area contributed by atoms with Crippen molar-refractivity contribution >= 4 is 0 Å². The van der Waals surface area contributed by atoms with Gasteiger partial charge in [-0.05, 0) is 18.4 Å². The molecule has 2 aliphatic heterocycles. The minimum atomic E-state index is -0.382. The molecule has 27 heavy (non-hydrogen) atoms. The maximum absolute atomic E-state index is 6.12. The molecule has 0 bridgehead atoms. The summed E-state index contributed by atoms with van der Waals surface area (Å²) in [4.78, 5) is 0.